The summed E-state index contributed by atoms with van der Waals surface area (Å²) in [5.74, 6) is -1.05. The van der Waals surface area contributed by atoms with Crippen molar-refractivity contribution in [3.05, 3.63) is 40.9 Å². The van der Waals surface area contributed by atoms with E-state index in [1.54, 1.807) is 30.3 Å². The molecule has 1 atom stereocenters. The summed E-state index contributed by atoms with van der Waals surface area (Å²) in [6.07, 6.45) is 0.0730. The summed E-state index contributed by atoms with van der Waals surface area (Å²) in [7, 11) is 0. The molecule has 94 valence electrons. The number of benzene rings is 2. The molecule has 4 nitrogen and oxygen atoms in total. The second kappa shape index (κ2) is 4.84. The fourth-order valence-electron chi connectivity index (χ4n) is 1.79. The monoisotopic (exact) mass is 265 g/mol. The maximum atomic E-state index is 10.7. The van der Waals surface area contributed by atoms with Crippen LogP contribution in [0.3, 0.4) is 0 Å². The summed E-state index contributed by atoms with van der Waals surface area (Å²) in [4.78, 5) is 10.7. The Kier molecular flexibility index (Phi) is 3.41. The lowest BCUT2D eigenvalue weighted by atomic mass is 10.0. The lowest BCUT2D eigenvalue weighted by Gasteiger charge is -2.10. The molecule has 0 saturated heterocycles. The topological polar surface area (TPSA) is 83.5 Å². The molecule has 18 heavy (non-hydrogen) atoms. The molecule has 0 spiro atoms. The number of hydrogen-bond acceptors (Lipinski definition) is 3. The van der Waals surface area contributed by atoms with Crippen LogP contribution in [0.15, 0.2) is 30.3 Å². The van der Waals surface area contributed by atoms with Gasteiger partial charge in [0, 0.05) is 11.4 Å². The van der Waals surface area contributed by atoms with Gasteiger partial charge in [-0.05, 0) is 40.6 Å². The Hall–Kier alpha value is -1.78. The minimum atomic E-state index is -1.10. The van der Waals surface area contributed by atoms with Gasteiger partial charge in [-0.3, -0.25) is 4.79 Å². The van der Waals surface area contributed by atoms with Gasteiger partial charge in [0.05, 0.1) is 0 Å². The minimum absolute atomic E-state index is 0.0431. The van der Waals surface area contributed by atoms with Gasteiger partial charge < -0.3 is 15.9 Å². The average molecular weight is 266 g/mol. The molecule has 0 amide bonds. The first-order chi connectivity index (χ1) is 8.47. The molecule has 0 saturated carbocycles. The van der Waals surface area contributed by atoms with E-state index in [4.69, 9.17) is 22.4 Å². The number of rotatable bonds is 3. The summed E-state index contributed by atoms with van der Waals surface area (Å²) in [5.41, 5.74) is 5.95. The first kappa shape index (κ1) is 12.7. The van der Waals surface area contributed by atoms with Crippen molar-refractivity contribution >= 4 is 28.3 Å². The summed E-state index contributed by atoms with van der Waals surface area (Å²) in [6, 6.07) is 7.53. The number of carboxylic acids is 1. The third-order valence-corrected chi connectivity index (χ3v) is 2.99. The zero-order valence-corrected chi connectivity index (χ0v) is 10.2. The number of carboxylic acid groups (broad SMARTS) is 1. The Bertz CT molecular complexity index is 612. The number of phenolic OH excluding ortho intramolecular Hbond substituents is 1. The summed E-state index contributed by atoms with van der Waals surface area (Å²) >= 11 is 5.89. The van der Waals surface area contributed by atoms with Crippen LogP contribution < -0.4 is 5.73 Å². The maximum absolute atomic E-state index is 10.7. The highest BCUT2D eigenvalue weighted by atomic mass is 35.5. The minimum Gasteiger partial charge on any atom is -0.508 e. The van der Waals surface area contributed by atoms with E-state index in [9.17, 15) is 9.90 Å². The van der Waals surface area contributed by atoms with Crippen molar-refractivity contribution in [2.24, 2.45) is 5.73 Å². The molecular formula is C13H12ClNO3. The van der Waals surface area contributed by atoms with Crippen molar-refractivity contribution < 1.29 is 15.0 Å². The van der Waals surface area contributed by atoms with E-state index in [2.05, 4.69) is 0 Å². The molecule has 4 N–H and O–H groups in total. The highest BCUT2D eigenvalue weighted by Crippen LogP contribution is 2.27. The van der Waals surface area contributed by atoms with Crippen molar-refractivity contribution in [1.29, 1.82) is 0 Å². The molecule has 0 aromatic heterocycles. The van der Waals surface area contributed by atoms with Gasteiger partial charge in [0.1, 0.15) is 11.8 Å². The quantitative estimate of drug-likeness (QED) is 0.794. The van der Waals surface area contributed by atoms with Gasteiger partial charge in [0.15, 0.2) is 0 Å². The van der Waals surface area contributed by atoms with Crippen LogP contribution in [0.2, 0.25) is 5.02 Å². The molecule has 0 aliphatic carbocycles. The number of fused-ring (bicyclic) bond motifs is 1. The predicted octanol–water partition coefficient (Wildman–Crippen LogP) is 2.15. The summed E-state index contributed by atoms with van der Waals surface area (Å²) in [5, 5.41) is 20.9. The smallest absolute Gasteiger partial charge is 0.320 e. The maximum Gasteiger partial charge on any atom is 0.320 e. The molecule has 0 heterocycles. The van der Waals surface area contributed by atoms with Crippen LogP contribution in [0.1, 0.15) is 5.56 Å². The van der Waals surface area contributed by atoms with Crippen LogP contribution in [0, 0.1) is 0 Å². The largest absolute Gasteiger partial charge is 0.508 e. The Morgan fingerprint density at radius 2 is 2.00 bits per heavy atom. The SMILES string of the molecule is NC(Cc1cc2cc(Cl)ccc2cc1O)C(=O)O. The van der Waals surface area contributed by atoms with Crippen molar-refractivity contribution in [1.82, 2.24) is 0 Å². The van der Waals surface area contributed by atoms with Gasteiger partial charge in [-0.2, -0.15) is 0 Å². The van der Waals surface area contributed by atoms with Crippen molar-refractivity contribution in [3.8, 4) is 5.75 Å². The molecule has 2 aromatic carbocycles. The Labute approximate surface area is 109 Å². The van der Waals surface area contributed by atoms with Crippen LogP contribution in [0.25, 0.3) is 10.8 Å². The lowest BCUT2D eigenvalue weighted by Crippen LogP contribution is -2.32. The van der Waals surface area contributed by atoms with Gasteiger partial charge in [-0.1, -0.05) is 17.7 Å². The number of carbonyl (C=O) groups is 1. The Morgan fingerprint density at radius 1 is 1.28 bits per heavy atom. The first-order valence-electron chi connectivity index (χ1n) is 5.37. The van der Waals surface area contributed by atoms with Crippen LogP contribution >= 0.6 is 11.6 Å². The predicted molar refractivity (Wildman–Crippen MR) is 69.9 cm³/mol. The number of halogens is 1. The van der Waals surface area contributed by atoms with Gasteiger partial charge in [-0.15, -0.1) is 0 Å². The zero-order chi connectivity index (χ0) is 13.3. The molecule has 2 aromatic rings. The summed E-state index contributed by atoms with van der Waals surface area (Å²) in [6.45, 7) is 0. The molecule has 0 aliphatic heterocycles. The van der Waals surface area contributed by atoms with Crippen molar-refractivity contribution in [2.45, 2.75) is 12.5 Å². The standard InChI is InChI=1S/C13H12ClNO3/c14-10-2-1-7-6-12(16)9(3-8(7)4-10)5-11(15)13(17)18/h1-4,6,11,16H,5,15H2,(H,17,18). The van der Waals surface area contributed by atoms with E-state index in [1.165, 1.54) is 0 Å². The van der Waals surface area contributed by atoms with Gasteiger partial charge in [0.25, 0.3) is 0 Å². The third kappa shape index (κ3) is 2.55. The van der Waals surface area contributed by atoms with E-state index in [-0.39, 0.29) is 12.2 Å². The molecule has 0 fully saturated rings. The second-order valence-electron chi connectivity index (χ2n) is 4.12. The molecule has 1 unspecified atom stereocenters. The third-order valence-electron chi connectivity index (χ3n) is 2.76. The van der Waals surface area contributed by atoms with Gasteiger partial charge in [-0.25, -0.2) is 0 Å². The van der Waals surface area contributed by atoms with E-state index in [1.807, 2.05) is 0 Å². The van der Waals surface area contributed by atoms with Gasteiger partial charge in [0.2, 0.25) is 0 Å². The van der Waals surface area contributed by atoms with E-state index in [0.717, 1.165) is 10.8 Å². The van der Waals surface area contributed by atoms with E-state index in [0.29, 0.717) is 10.6 Å². The fourth-order valence-corrected chi connectivity index (χ4v) is 1.97. The molecule has 0 radical (unpaired) electrons. The second-order valence-corrected chi connectivity index (χ2v) is 4.56. The fraction of sp³-hybridized carbons (Fsp3) is 0.154. The lowest BCUT2D eigenvalue weighted by molar-refractivity contribution is -0.138. The molecule has 0 bridgehead atoms. The van der Waals surface area contributed by atoms with E-state index >= 15 is 0 Å². The molecule has 0 aliphatic rings. The Morgan fingerprint density at radius 3 is 2.67 bits per heavy atom. The number of aromatic hydroxyl groups is 1. The van der Waals surface area contributed by atoms with Crippen LogP contribution in [0.5, 0.6) is 5.75 Å². The van der Waals surface area contributed by atoms with E-state index < -0.39 is 12.0 Å². The van der Waals surface area contributed by atoms with Gasteiger partial charge >= 0.3 is 5.97 Å². The normalized spacial score (nSPS) is 12.6. The summed E-state index contributed by atoms with van der Waals surface area (Å²) < 4.78 is 0. The molecule has 5 heteroatoms. The molecule has 2 rings (SSSR count). The van der Waals surface area contributed by atoms with Crippen LogP contribution in [-0.2, 0) is 11.2 Å². The van der Waals surface area contributed by atoms with Crippen molar-refractivity contribution in [2.75, 3.05) is 0 Å². The van der Waals surface area contributed by atoms with Crippen LogP contribution in [-0.4, -0.2) is 22.2 Å². The number of nitrogens with two attached hydrogens (primary N) is 1. The average Bonchev–Trinajstić information content (AvgIpc) is 2.30. The first-order valence-corrected chi connectivity index (χ1v) is 5.74. The number of hydrogen-bond donors (Lipinski definition) is 3. The number of phenols is 1. The number of aliphatic carboxylic acids is 1. The Balaban J connectivity index is 2.44. The molecular weight excluding hydrogens is 254 g/mol. The van der Waals surface area contributed by atoms with Crippen LogP contribution in [0.4, 0.5) is 0 Å². The highest BCUT2D eigenvalue weighted by Gasteiger charge is 2.15. The van der Waals surface area contributed by atoms with Crippen molar-refractivity contribution in [3.63, 3.8) is 0 Å². The zero-order valence-electron chi connectivity index (χ0n) is 9.43. The highest BCUT2D eigenvalue weighted by molar-refractivity contribution is 6.31.